The molecule has 2 aromatic carbocycles. The van der Waals surface area contributed by atoms with E-state index >= 15 is 0 Å². The average Bonchev–Trinajstić information content (AvgIpc) is 2.70. The number of ether oxygens (including phenoxy) is 2. The van der Waals surface area contributed by atoms with E-state index in [1.165, 1.54) is 28.7 Å². The van der Waals surface area contributed by atoms with Gasteiger partial charge in [0.2, 0.25) is 0 Å². The Morgan fingerprint density at radius 1 is 1.29 bits per heavy atom. The van der Waals surface area contributed by atoms with Crippen LogP contribution in [0.15, 0.2) is 36.4 Å². The normalized spacial score (nSPS) is 15.4. The number of hydrogen-bond donors (Lipinski definition) is 0. The number of amides is 1. The minimum Gasteiger partial charge on any atom is -0.492 e. The zero-order valence-corrected chi connectivity index (χ0v) is 19.1. The Labute approximate surface area is 192 Å². The summed E-state index contributed by atoms with van der Waals surface area (Å²) in [5.41, 5.74) is 2.25. The lowest BCUT2D eigenvalue weighted by Crippen LogP contribution is -2.33. The first-order chi connectivity index (χ1) is 14.3. The summed E-state index contributed by atoms with van der Waals surface area (Å²) in [6.45, 7) is 1.28. The minimum atomic E-state index is -0.492. The Morgan fingerprint density at radius 2 is 2.03 bits per heavy atom. The summed E-state index contributed by atoms with van der Waals surface area (Å²) in [5, 5.41) is 11.0. The number of fused-ring (bicyclic) bond motifs is 1. The third-order valence-corrected chi connectivity index (χ3v) is 5.38. The third-order valence-electron chi connectivity index (χ3n) is 5.08. The van der Waals surface area contributed by atoms with Crippen molar-refractivity contribution < 1.29 is 19.2 Å². The second kappa shape index (κ2) is 10.7. The Kier molecular flexibility index (Phi) is 8.50. The summed E-state index contributed by atoms with van der Waals surface area (Å²) in [6.07, 6.45) is 1.17. The van der Waals surface area contributed by atoms with E-state index in [1.807, 2.05) is 12.1 Å². The number of likely N-dealkylation sites (N-methyl/N-ethyl adjacent to an activating group) is 1. The quantitative estimate of drug-likeness (QED) is 0.448. The number of benzene rings is 2. The highest BCUT2D eigenvalue weighted by Crippen LogP contribution is 2.34. The van der Waals surface area contributed by atoms with Crippen molar-refractivity contribution in [1.29, 1.82) is 0 Å². The minimum absolute atomic E-state index is 0. The average molecular weight is 470 g/mol. The fourth-order valence-corrected chi connectivity index (χ4v) is 3.68. The Bertz CT molecular complexity index is 955. The molecule has 2 aromatic rings. The van der Waals surface area contributed by atoms with E-state index in [0.29, 0.717) is 24.5 Å². The summed E-state index contributed by atoms with van der Waals surface area (Å²) in [4.78, 5) is 25.8. The summed E-state index contributed by atoms with van der Waals surface area (Å²) in [7, 11) is 5.35. The molecule has 0 saturated heterocycles. The van der Waals surface area contributed by atoms with E-state index < -0.39 is 11.0 Å². The van der Waals surface area contributed by atoms with Crippen molar-refractivity contribution >= 4 is 35.8 Å². The number of halogens is 2. The van der Waals surface area contributed by atoms with Crippen LogP contribution in [0.3, 0.4) is 0 Å². The molecule has 1 amide bonds. The molecule has 10 heteroatoms. The summed E-state index contributed by atoms with van der Waals surface area (Å²) < 4.78 is 11.2. The number of nitro benzene ring substituents is 1. The largest absolute Gasteiger partial charge is 0.492 e. The number of carbonyl (C=O) groups is 1. The molecule has 1 heterocycles. The van der Waals surface area contributed by atoms with Gasteiger partial charge in [0.25, 0.3) is 5.69 Å². The van der Waals surface area contributed by atoms with Gasteiger partial charge in [-0.15, -0.1) is 12.4 Å². The van der Waals surface area contributed by atoms with Gasteiger partial charge in [-0.1, -0.05) is 17.7 Å². The van der Waals surface area contributed by atoms with Crippen molar-refractivity contribution in [2.45, 2.75) is 18.9 Å². The lowest BCUT2D eigenvalue weighted by Gasteiger charge is -2.34. The molecule has 0 fully saturated rings. The molecule has 8 nitrogen and oxygen atoms in total. The fourth-order valence-electron chi connectivity index (χ4n) is 3.45. The van der Waals surface area contributed by atoms with Gasteiger partial charge in [0.05, 0.1) is 16.6 Å². The van der Waals surface area contributed by atoms with Crippen molar-refractivity contribution in [3.05, 3.63) is 62.7 Å². The van der Waals surface area contributed by atoms with Crippen molar-refractivity contribution in [1.82, 2.24) is 9.80 Å². The number of carbonyl (C=O) groups excluding carboxylic acids is 1. The maximum atomic E-state index is 11.8. The number of hydrogen-bond acceptors (Lipinski definition) is 6. The summed E-state index contributed by atoms with van der Waals surface area (Å²) in [6, 6.07) is 10.0. The van der Waals surface area contributed by atoms with Gasteiger partial charge in [-0.25, -0.2) is 4.79 Å². The van der Waals surface area contributed by atoms with Gasteiger partial charge in [-0.05, 0) is 42.8 Å². The molecule has 0 saturated carbocycles. The molecule has 0 aromatic heterocycles. The van der Waals surface area contributed by atoms with Gasteiger partial charge < -0.3 is 14.4 Å². The predicted octanol–water partition coefficient (Wildman–Crippen LogP) is 4.73. The predicted molar refractivity (Wildman–Crippen MR) is 121 cm³/mol. The van der Waals surface area contributed by atoms with Crippen LogP contribution in [0.1, 0.15) is 23.6 Å². The highest BCUT2D eigenvalue weighted by atomic mass is 35.5. The molecule has 168 valence electrons. The molecule has 1 aliphatic rings. The fraction of sp³-hybridized carbons (Fsp3) is 0.381. The molecule has 0 aliphatic carbocycles. The summed E-state index contributed by atoms with van der Waals surface area (Å²) in [5.74, 6) is 0.955. The van der Waals surface area contributed by atoms with Gasteiger partial charge in [0.15, 0.2) is 0 Å². The SMILES string of the molecule is CN(C)C(=O)Oc1ccc2c(c1)CCN(C)C2CCOc1ccc([N+](=O)[O-])cc1Cl.Cl. The van der Waals surface area contributed by atoms with Crippen LogP contribution in [-0.4, -0.2) is 55.1 Å². The van der Waals surface area contributed by atoms with Crippen LogP contribution in [0.25, 0.3) is 0 Å². The monoisotopic (exact) mass is 469 g/mol. The number of nitrogens with zero attached hydrogens (tertiary/aromatic N) is 3. The van der Waals surface area contributed by atoms with Crippen molar-refractivity contribution in [3.63, 3.8) is 0 Å². The third kappa shape index (κ3) is 6.00. The molecule has 0 radical (unpaired) electrons. The van der Waals surface area contributed by atoms with Crippen LogP contribution >= 0.6 is 24.0 Å². The molecule has 31 heavy (non-hydrogen) atoms. The molecule has 0 bridgehead atoms. The standard InChI is InChI=1S/C21H24ClN3O5.ClH/c1-23(2)21(26)30-16-5-6-17-14(12-16)8-10-24(3)19(17)9-11-29-20-7-4-15(25(27)28)13-18(20)22;/h4-7,12-13,19H,8-11H2,1-3H3;1H. The van der Waals surface area contributed by atoms with Crippen molar-refractivity contribution in [2.75, 3.05) is 34.3 Å². The van der Waals surface area contributed by atoms with Gasteiger partial charge in [-0.2, -0.15) is 0 Å². The van der Waals surface area contributed by atoms with Gasteiger partial charge in [0.1, 0.15) is 11.5 Å². The summed E-state index contributed by atoms with van der Waals surface area (Å²) >= 11 is 6.10. The zero-order valence-electron chi connectivity index (χ0n) is 17.5. The van der Waals surface area contributed by atoms with E-state index in [2.05, 4.69) is 11.9 Å². The van der Waals surface area contributed by atoms with Crippen LogP contribution in [0, 0.1) is 10.1 Å². The van der Waals surface area contributed by atoms with Gasteiger partial charge in [-0.3, -0.25) is 15.0 Å². The topological polar surface area (TPSA) is 85.2 Å². The van der Waals surface area contributed by atoms with Gasteiger partial charge >= 0.3 is 6.09 Å². The lowest BCUT2D eigenvalue weighted by atomic mass is 9.91. The van der Waals surface area contributed by atoms with Gasteiger partial charge in [0, 0.05) is 45.2 Å². The molecule has 0 N–H and O–H groups in total. The van der Waals surface area contributed by atoms with Crippen molar-refractivity contribution in [2.24, 2.45) is 0 Å². The van der Waals surface area contributed by atoms with E-state index in [9.17, 15) is 14.9 Å². The Balaban J connectivity index is 0.00000341. The lowest BCUT2D eigenvalue weighted by molar-refractivity contribution is -0.384. The van der Waals surface area contributed by atoms with E-state index in [4.69, 9.17) is 21.1 Å². The molecule has 1 atom stereocenters. The van der Waals surface area contributed by atoms with Crippen LogP contribution < -0.4 is 9.47 Å². The maximum absolute atomic E-state index is 11.8. The highest BCUT2D eigenvalue weighted by molar-refractivity contribution is 6.32. The van der Waals surface area contributed by atoms with Crippen LogP contribution in [0.4, 0.5) is 10.5 Å². The molecule has 0 spiro atoms. The van der Waals surface area contributed by atoms with E-state index in [1.54, 1.807) is 20.2 Å². The maximum Gasteiger partial charge on any atom is 0.414 e. The second-order valence-electron chi connectivity index (χ2n) is 7.38. The Hall–Kier alpha value is -2.55. The smallest absolute Gasteiger partial charge is 0.414 e. The van der Waals surface area contributed by atoms with E-state index in [-0.39, 0.29) is 29.2 Å². The zero-order chi connectivity index (χ0) is 21.8. The highest BCUT2D eigenvalue weighted by Gasteiger charge is 2.25. The van der Waals surface area contributed by atoms with Crippen LogP contribution in [0.5, 0.6) is 11.5 Å². The molecule has 1 unspecified atom stereocenters. The first-order valence-electron chi connectivity index (χ1n) is 9.55. The number of nitro groups is 1. The Morgan fingerprint density at radius 3 is 2.68 bits per heavy atom. The molecule has 1 aliphatic heterocycles. The molecular formula is C21H25Cl2N3O5. The number of rotatable bonds is 6. The van der Waals surface area contributed by atoms with Crippen LogP contribution in [0.2, 0.25) is 5.02 Å². The first kappa shape index (κ1) is 24.7. The molecular weight excluding hydrogens is 445 g/mol. The molecule has 3 rings (SSSR count). The first-order valence-corrected chi connectivity index (χ1v) is 9.93. The van der Waals surface area contributed by atoms with Crippen LogP contribution in [-0.2, 0) is 6.42 Å². The van der Waals surface area contributed by atoms with E-state index in [0.717, 1.165) is 18.5 Å². The van der Waals surface area contributed by atoms with Crippen molar-refractivity contribution in [3.8, 4) is 11.5 Å². The number of non-ortho nitro benzene ring substituents is 1. The second-order valence-corrected chi connectivity index (χ2v) is 7.79.